The van der Waals surface area contributed by atoms with Crippen molar-refractivity contribution in [2.45, 2.75) is 25.5 Å². The molecule has 4 nitrogen and oxygen atoms in total. The first-order valence-electron chi connectivity index (χ1n) is 2.96. The van der Waals surface area contributed by atoms with Crippen LogP contribution in [0.3, 0.4) is 0 Å². The van der Waals surface area contributed by atoms with Crippen LogP contribution in [-0.2, 0) is 9.63 Å². The molecule has 3 N–H and O–H groups in total. The van der Waals surface area contributed by atoms with Gasteiger partial charge in [0.15, 0.2) is 0 Å². The highest BCUT2D eigenvalue weighted by Crippen LogP contribution is 2.06. The molecule has 0 spiro atoms. The van der Waals surface area contributed by atoms with Gasteiger partial charge in [0.1, 0.15) is 12.1 Å². The van der Waals surface area contributed by atoms with Gasteiger partial charge in [0.2, 0.25) is 0 Å². The third-order valence-electron chi connectivity index (χ3n) is 1.42. The number of nitrogens with two attached hydrogens (primary N) is 1. The minimum Gasteiger partial charge on any atom is -0.318 e. The number of amides is 1. The lowest BCUT2D eigenvalue weighted by Gasteiger charge is -2.05. The summed E-state index contributed by atoms with van der Waals surface area (Å²) in [7, 11) is 0. The molecule has 0 aliphatic carbocycles. The number of hydroxylamine groups is 1. The molecule has 1 heterocycles. The van der Waals surface area contributed by atoms with Gasteiger partial charge in [-0.1, -0.05) is 6.92 Å². The van der Waals surface area contributed by atoms with Crippen molar-refractivity contribution in [1.82, 2.24) is 5.48 Å². The van der Waals surface area contributed by atoms with E-state index in [9.17, 15) is 4.79 Å². The van der Waals surface area contributed by atoms with E-state index in [1.165, 1.54) is 0 Å². The molecule has 52 valence electrons. The maximum atomic E-state index is 10.6. The van der Waals surface area contributed by atoms with Crippen LogP contribution in [0.4, 0.5) is 0 Å². The third-order valence-corrected chi connectivity index (χ3v) is 1.42. The first-order valence-corrected chi connectivity index (χ1v) is 2.96. The van der Waals surface area contributed by atoms with Crippen LogP contribution in [0.5, 0.6) is 0 Å². The predicted octanol–water partition coefficient (Wildman–Crippen LogP) is -0.846. The van der Waals surface area contributed by atoms with E-state index >= 15 is 0 Å². The number of nitrogens with one attached hydrogen (secondary N) is 1. The summed E-state index contributed by atoms with van der Waals surface area (Å²) in [6.07, 6.45) is 0.623. The Hall–Kier alpha value is -0.610. The number of hydrogen-bond donors (Lipinski definition) is 2. The van der Waals surface area contributed by atoms with Crippen molar-refractivity contribution in [2.24, 2.45) is 5.73 Å². The second-order valence-corrected chi connectivity index (χ2v) is 2.06. The molecule has 0 bridgehead atoms. The van der Waals surface area contributed by atoms with E-state index in [-0.39, 0.29) is 12.0 Å². The summed E-state index contributed by atoms with van der Waals surface area (Å²) in [5, 5.41) is 0. The molecule has 0 radical (unpaired) electrons. The minimum absolute atomic E-state index is 0.141. The van der Waals surface area contributed by atoms with Gasteiger partial charge in [-0.25, -0.2) is 5.48 Å². The van der Waals surface area contributed by atoms with Crippen LogP contribution >= 0.6 is 0 Å². The van der Waals surface area contributed by atoms with Crippen LogP contribution in [0.15, 0.2) is 0 Å². The number of rotatable bonds is 1. The highest BCUT2D eigenvalue weighted by atomic mass is 16.7. The molecule has 0 aromatic carbocycles. The molecule has 0 unspecified atom stereocenters. The summed E-state index contributed by atoms with van der Waals surface area (Å²) in [4.78, 5) is 15.4. The van der Waals surface area contributed by atoms with Gasteiger partial charge < -0.3 is 5.73 Å². The first-order chi connectivity index (χ1) is 4.25. The van der Waals surface area contributed by atoms with E-state index < -0.39 is 6.04 Å². The monoisotopic (exact) mass is 130 g/mol. The van der Waals surface area contributed by atoms with Crippen molar-refractivity contribution in [1.29, 1.82) is 0 Å². The molecule has 1 amide bonds. The quantitative estimate of drug-likeness (QED) is 0.486. The lowest BCUT2D eigenvalue weighted by atomic mass is 10.1. The van der Waals surface area contributed by atoms with Crippen molar-refractivity contribution >= 4 is 5.91 Å². The molecule has 1 rings (SSSR count). The van der Waals surface area contributed by atoms with E-state index in [1.807, 2.05) is 6.92 Å². The first kappa shape index (κ1) is 6.51. The zero-order valence-electron chi connectivity index (χ0n) is 5.26. The molecular weight excluding hydrogens is 120 g/mol. The Morgan fingerprint density at radius 3 is 2.78 bits per heavy atom. The highest BCUT2D eigenvalue weighted by molar-refractivity contribution is 5.82. The number of carbonyl (C=O) groups excluding carboxylic acids is 1. The standard InChI is InChI=1S/C5H10N2O2/c1-2-3-4(6)5(8)7-9-3/h3-4H,2,6H2,1H3,(H,7,8)/t3-,4+/m1/s1. The van der Waals surface area contributed by atoms with Gasteiger partial charge in [0.05, 0.1) is 0 Å². The van der Waals surface area contributed by atoms with Crippen LogP contribution in [0.2, 0.25) is 0 Å². The van der Waals surface area contributed by atoms with Crippen LogP contribution < -0.4 is 11.2 Å². The Bertz CT molecular complexity index is 126. The Morgan fingerprint density at radius 1 is 1.89 bits per heavy atom. The largest absolute Gasteiger partial charge is 0.318 e. The average molecular weight is 130 g/mol. The molecular formula is C5H10N2O2. The summed E-state index contributed by atoms with van der Waals surface area (Å²) in [5.41, 5.74) is 7.60. The predicted molar refractivity (Wildman–Crippen MR) is 31.3 cm³/mol. The maximum absolute atomic E-state index is 10.6. The normalized spacial score (nSPS) is 34.7. The van der Waals surface area contributed by atoms with Crippen LogP contribution in [0.25, 0.3) is 0 Å². The lowest BCUT2D eigenvalue weighted by molar-refractivity contribution is -0.125. The van der Waals surface area contributed by atoms with Gasteiger partial charge in [-0.05, 0) is 6.42 Å². The molecule has 1 fully saturated rings. The van der Waals surface area contributed by atoms with Gasteiger partial charge in [0, 0.05) is 0 Å². The summed E-state index contributed by atoms with van der Waals surface area (Å²) in [5.74, 6) is -0.221. The summed E-state index contributed by atoms with van der Waals surface area (Å²) in [6.45, 7) is 1.92. The van der Waals surface area contributed by atoms with E-state index in [0.29, 0.717) is 0 Å². The molecule has 1 aliphatic heterocycles. The number of carbonyl (C=O) groups is 1. The molecule has 2 atom stereocenters. The Balaban J connectivity index is 2.51. The Morgan fingerprint density at radius 2 is 2.56 bits per heavy atom. The fourth-order valence-corrected chi connectivity index (χ4v) is 0.781. The second-order valence-electron chi connectivity index (χ2n) is 2.06. The average Bonchev–Trinajstić information content (AvgIpc) is 2.15. The topological polar surface area (TPSA) is 64.3 Å². The van der Waals surface area contributed by atoms with Crippen molar-refractivity contribution in [2.75, 3.05) is 0 Å². The summed E-state index contributed by atoms with van der Waals surface area (Å²) >= 11 is 0. The van der Waals surface area contributed by atoms with E-state index in [4.69, 9.17) is 10.6 Å². The lowest BCUT2D eigenvalue weighted by Crippen LogP contribution is -2.36. The maximum Gasteiger partial charge on any atom is 0.263 e. The zero-order chi connectivity index (χ0) is 6.85. The molecule has 9 heavy (non-hydrogen) atoms. The highest BCUT2D eigenvalue weighted by Gasteiger charge is 2.31. The fraction of sp³-hybridized carbons (Fsp3) is 0.800. The molecule has 0 aromatic rings. The van der Waals surface area contributed by atoms with E-state index in [2.05, 4.69) is 5.48 Å². The number of hydrogen-bond acceptors (Lipinski definition) is 3. The molecule has 1 aliphatic rings. The third kappa shape index (κ3) is 1.04. The Kier molecular flexibility index (Phi) is 1.68. The van der Waals surface area contributed by atoms with Gasteiger partial charge in [-0.3, -0.25) is 9.63 Å². The van der Waals surface area contributed by atoms with Crippen LogP contribution in [0, 0.1) is 0 Å². The second kappa shape index (κ2) is 2.33. The fourth-order valence-electron chi connectivity index (χ4n) is 0.781. The summed E-state index contributed by atoms with van der Waals surface area (Å²) < 4.78 is 0. The van der Waals surface area contributed by atoms with Crippen LogP contribution in [0.1, 0.15) is 13.3 Å². The van der Waals surface area contributed by atoms with Crippen molar-refractivity contribution in [3.63, 3.8) is 0 Å². The van der Waals surface area contributed by atoms with Crippen LogP contribution in [-0.4, -0.2) is 18.1 Å². The van der Waals surface area contributed by atoms with Gasteiger partial charge >= 0.3 is 0 Å². The Labute approximate surface area is 53.3 Å². The molecule has 4 heteroatoms. The minimum atomic E-state index is -0.477. The van der Waals surface area contributed by atoms with Crippen molar-refractivity contribution in [3.8, 4) is 0 Å². The van der Waals surface area contributed by atoms with E-state index in [1.54, 1.807) is 0 Å². The van der Waals surface area contributed by atoms with Crippen molar-refractivity contribution in [3.05, 3.63) is 0 Å². The smallest absolute Gasteiger partial charge is 0.263 e. The zero-order valence-corrected chi connectivity index (χ0v) is 5.26. The van der Waals surface area contributed by atoms with Gasteiger partial charge in [0.25, 0.3) is 5.91 Å². The molecule has 1 saturated heterocycles. The van der Waals surface area contributed by atoms with Gasteiger partial charge in [-0.2, -0.15) is 0 Å². The molecule has 0 aromatic heterocycles. The SMILES string of the molecule is CC[C@H]1ONC(=O)[C@H]1N. The summed E-state index contributed by atoms with van der Waals surface area (Å²) in [6, 6.07) is -0.477. The van der Waals surface area contributed by atoms with Gasteiger partial charge in [-0.15, -0.1) is 0 Å². The molecule has 0 saturated carbocycles. The van der Waals surface area contributed by atoms with Crippen molar-refractivity contribution < 1.29 is 9.63 Å². The van der Waals surface area contributed by atoms with E-state index in [0.717, 1.165) is 6.42 Å².